The highest BCUT2D eigenvalue weighted by atomic mass is 32.2. The van der Waals surface area contributed by atoms with E-state index < -0.39 is 35.5 Å². The van der Waals surface area contributed by atoms with Crippen molar-refractivity contribution < 1.29 is 29.0 Å². The van der Waals surface area contributed by atoms with Gasteiger partial charge in [-0.2, -0.15) is 0 Å². The molecule has 0 bridgehead atoms. The Morgan fingerprint density at radius 3 is 2.78 bits per heavy atom. The monoisotopic (exact) mass is 420 g/mol. The normalized spacial score (nSPS) is 38.0. The largest absolute Gasteiger partial charge is 0.371 e. The predicted molar refractivity (Wildman–Crippen MR) is 95.5 cm³/mol. The number of thioether (sulfide) groups is 2. The molecule has 2 N–H and O–H groups in total. The molecule has 27 heavy (non-hydrogen) atoms. The number of hydrogen-bond acceptors (Lipinski definition) is 10. The maximum absolute atomic E-state index is 12.8. The van der Waals surface area contributed by atoms with Crippen molar-refractivity contribution in [1.29, 1.82) is 0 Å². The van der Waals surface area contributed by atoms with Gasteiger partial charge >= 0.3 is 0 Å². The molecule has 4 fully saturated rings. The summed E-state index contributed by atoms with van der Waals surface area (Å²) in [7, 11) is 0. The Labute approximate surface area is 163 Å². The summed E-state index contributed by atoms with van der Waals surface area (Å²) in [6, 6.07) is -1.21. The van der Waals surface area contributed by atoms with Crippen molar-refractivity contribution >= 4 is 35.3 Å². The van der Waals surface area contributed by atoms with Crippen LogP contribution in [0.25, 0.3) is 0 Å². The average molecular weight is 420 g/mol. The van der Waals surface area contributed by atoms with E-state index in [4.69, 9.17) is 9.47 Å². The van der Waals surface area contributed by atoms with Crippen LogP contribution in [0, 0.1) is 10.1 Å². The Hall–Kier alpha value is -1.28. The molecule has 0 aliphatic carbocycles. The molecule has 6 atom stereocenters. The molecule has 0 aromatic carbocycles. The molecule has 150 valence electrons. The molecule has 4 rings (SSSR count). The van der Waals surface area contributed by atoms with Gasteiger partial charge in [0.2, 0.25) is 11.8 Å². The smallest absolute Gasteiger partial charge is 0.294 e. The number of rotatable bonds is 5. The van der Waals surface area contributed by atoms with Crippen LogP contribution < -0.4 is 10.6 Å². The van der Waals surface area contributed by atoms with Gasteiger partial charge in [-0.05, 0) is 0 Å². The van der Waals surface area contributed by atoms with Crippen LogP contribution in [0.5, 0.6) is 0 Å². The predicted octanol–water partition coefficient (Wildman–Crippen LogP) is -1.59. The molecule has 4 heterocycles. The third kappa shape index (κ3) is 3.83. The molecule has 0 saturated carbocycles. The summed E-state index contributed by atoms with van der Waals surface area (Å²) in [5.41, 5.74) is 0. The fraction of sp³-hybridized carbons (Fsp3) is 0.857. The van der Waals surface area contributed by atoms with Crippen molar-refractivity contribution in [3.63, 3.8) is 0 Å². The summed E-state index contributed by atoms with van der Waals surface area (Å²) in [6.45, 7) is 0.227. The maximum atomic E-state index is 12.8. The number of nitrogens with one attached hydrogen (secondary N) is 2. The molecule has 4 saturated heterocycles. The van der Waals surface area contributed by atoms with Gasteiger partial charge in [-0.1, -0.05) is 0 Å². The molecule has 0 radical (unpaired) electrons. The van der Waals surface area contributed by atoms with Crippen LogP contribution in [0.15, 0.2) is 0 Å². The zero-order valence-corrected chi connectivity index (χ0v) is 15.9. The summed E-state index contributed by atoms with van der Waals surface area (Å²) < 4.78 is 11.1. The third-order valence-corrected chi connectivity index (χ3v) is 6.99. The van der Waals surface area contributed by atoms with E-state index >= 15 is 0 Å². The first kappa shape index (κ1) is 19.1. The zero-order chi connectivity index (χ0) is 19.0. The Kier molecular flexibility index (Phi) is 5.64. The van der Waals surface area contributed by atoms with Crippen molar-refractivity contribution in [2.75, 3.05) is 36.5 Å². The Bertz CT molecular complexity index is 620. The van der Waals surface area contributed by atoms with E-state index in [2.05, 4.69) is 15.5 Å². The summed E-state index contributed by atoms with van der Waals surface area (Å²) in [5.74, 6) is 2.16. The van der Waals surface area contributed by atoms with Crippen LogP contribution in [0.3, 0.4) is 0 Å². The van der Waals surface area contributed by atoms with E-state index in [0.717, 1.165) is 5.88 Å². The van der Waals surface area contributed by atoms with Gasteiger partial charge in [0.05, 0.1) is 31.2 Å². The van der Waals surface area contributed by atoms with Gasteiger partial charge in [0.15, 0.2) is 6.10 Å². The average Bonchev–Trinajstić information content (AvgIpc) is 3.41. The molecule has 0 aromatic heterocycles. The fourth-order valence-corrected chi connectivity index (χ4v) is 5.80. The first-order valence-electron chi connectivity index (χ1n) is 8.58. The van der Waals surface area contributed by atoms with Gasteiger partial charge in [-0.3, -0.25) is 14.9 Å². The first-order chi connectivity index (χ1) is 13.0. The van der Waals surface area contributed by atoms with E-state index in [1.165, 1.54) is 0 Å². The molecular weight excluding hydrogens is 400 g/mol. The van der Waals surface area contributed by atoms with Crippen LogP contribution in [-0.4, -0.2) is 94.7 Å². The quantitative estimate of drug-likeness (QED) is 0.396. The van der Waals surface area contributed by atoms with Gasteiger partial charge < -0.3 is 24.5 Å². The molecule has 4 aliphatic heterocycles. The highest BCUT2D eigenvalue weighted by molar-refractivity contribution is 7.99. The maximum Gasteiger partial charge on any atom is 0.294 e. The Morgan fingerprint density at radius 1 is 1.22 bits per heavy atom. The van der Waals surface area contributed by atoms with E-state index in [0.29, 0.717) is 17.4 Å². The third-order valence-electron chi connectivity index (χ3n) is 5.04. The van der Waals surface area contributed by atoms with Gasteiger partial charge in [0.1, 0.15) is 18.2 Å². The molecule has 2 amide bonds. The van der Waals surface area contributed by atoms with E-state index in [9.17, 15) is 19.7 Å². The lowest BCUT2D eigenvalue weighted by Gasteiger charge is -2.27. The topological polar surface area (TPSA) is 132 Å². The van der Waals surface area contributed by atoms with Crippen molar-refractivity contribution in [2.45, 2.75) is 36.4 Å². The van der Waals surface area contributed by atoms with E-state index in [1.807, 2.05) is 0 Å². The summed E-state index contributed by atoms with van der Waals surface area (Å²) in [4.78, 5) is 42.2. The molecule has 11 nitrogen and oxygen atoms in total. The number of fused-ring (bicyclic) bond motifs is 1. The van der Waals surface area contributed by atoms with Crippen LogP contribution in [0.2, 0.25) is 0 Å². The van der Waals surface area contributed by atoms with Crippen molar-refractivity contribution in [2.24, 2.45) is 0 Å². The molecule has 13 heteroatoms. The zero-order valence-electron chi connectivity index (χ0n) is 14.3. The Balaban J connectivity index is 1.35. The first-order valence-corrected chi connectivity index (χ1v) is 10.9. The second-order valence-electron chi connectivity index (χ2n) is 6.67. The van der Waals surface area contributed by atoms with Gasteiger partial charge in [0, 0.05) is 17.4 Å². The van der Waals surface area contributed by atoms with E-state index in [-0.39, 0.29) is 31.1 Å². The summed E-state index contributed by atoms with van der Waals surface area (Å²) in [5, 5.41) is 15.7. The van der Waals surface area contributed by atoms with Crippen molar-refractivity contribution in [3.8, 4) is 0 Å². The van der Waals surface area contributed by atoms with Gasteiger partial charge in [-0.25, -0.2) is 0 Å². The van der Waals surface area contributed by atoms with Crippen LogP contribution in [0.1, 0.15) is 0 Å². The number of carbonyl (C=O) groups is 2. The lowest BCUT2D eigenvalue weighted by molar-refractivity contribution is -0.769. The van der Waals surface area contributed by atoms with Crippen molar-refractivity contribution in [3.05, 3.63) is 10.1 Å². The SMILES string of the molecule is O=C(N[C@H]1CO[C@H]2[C@@H]1OC[C@@H]2O[N+](=O)[O-])[C@@H]1CSCN1C(=O)C1CSCN1. The second kappa shape index (κ2) is 7.99. The van der Waals surface area contributed by atoms with Crippen LogP contribution >= 0.6 is 23.5 Å². The Morgan fingerprint density at radius 2 is 2.04 bits per heavy atom. The lowest BCUT2D eigenvalue weighted by atomic mass is 10.1. The molecule has 4 aliphatic rings. The van der Waals surface area contributed by atoms with Gasteiger partial charge in [-0.15, -0.1) is 33.6 Å². The molecule has 1 unspecified atom stereocenters. The minimum atomic E-state index is -0.861. The number of carbonyl (C=O) groups excluding carboxylic acids is 2. The fourth-order valence-electron chi connectivity index (χ4n) is 3.70. The highest BCUT2D eigenvalue weighted by Crippen LogP contribution is 2.30. The lowest BCUT2D eigenvalue weighted by Crippen LogP contribution is -2.55. The second-order valence-corrected chi connectivity index (χ2v) is 8.70. The minimum Gasteiger partial charge on any atom is -0.371 e. The van der Waals surface area contributed by atoms with Crippen LogP contribution in [0.4, 0.5) is 0 Å². The highest BCUT2D eigenvalue weighted by Gasteiger charge is 2.50. The molecule has 0 aromatic rings. The number of hydrogen-bond donors (Lipinski definition) is 2. The van der Waals surface area contributed by atoms with Crippen molar-refractivity contribution in [1.82, 2.24) is 15.5 Å². The van der Waals surface area contributed by atoms with Crippen LogP contribution in [-0.2, 0) is 23.9 Å². The molecule has 0 spiro atoms. The van der Waals surface area contributed by atoms with E-state index in [1.54, 1.807) is 28.4 Å². The summed E-state index contributed by atoms with van der Waals surface area (Å²) >= 11 is 3.20. The number of ether oxygens (including phenoxy) is 2. The summed E-state index contributed by atoms with van der Waals surface area (Å²) in [6.07, 6.45) is -1.88. The number of nitrogens with zero attached hydrogens (tertiary/aromatic N) is 2. The number of amides is 2. The molecular formula is C14H20N4O7S2. The minimum absolute atomic E-state index is 0.0393. The standard InChI is InChI=1S/C14H20N4O7S2/c19-13(9-4-27-6-17(9)14(20)8-3-26-5-15-8)16-7-1-23-12-10(25-18(21)22)2-24-11(7)12/h7-12,15H,1-6H2,(H,16,19)/t7-,8?,9-,10-,11+,12+/m0/s1. The van der Waals surface area contributed by atoms with Gasteiger partial charge in [0.25, 0.3) is 5.09 Å².